The quantitative estimate of drug-likeness (QED) is 0.583. The molecule has 0 heterocycles. The predicted octanol–water partition coefficient (Wildman–Crippen LogP) is 0.679. The van der Waals surface area contributed by atoms with E-state index < -0.39 is 4.51 Å². The van der Waals surface area contributed by atoms with E-state index in [0.717, 1.165) is 0 Å². The molecule has 42 valence electrons. The first kappa shape index (κ1) is 7.11. The number of ketones is 1. The van der Waals surface area contributed by atoms with Crippen LogP contribution in [0.1, 0.15) is 13.8 Å². The minimum Gasteiger partial charge on any atom is -0.372 e. The van der Waals surface area contributed by atoms with Gasteiger partial charge >= 0.3 is 0 Å². The van der Waals surface area contributed by atoms with Crippen molar-refractivity contribution in [2.75, 3.05) is 0 Å². The Morgan fingerprint density at radius 1 is 1.86 bits per heavy atom. The summed E-state index contributed by atoms with van der Waals surface area (Å²) < 4.78 is -1.33. The van der Waals surface area contributed by atoms with E-state index in [1.54, 1.807) is 0 Å². The molecule has 1 N–H and O–H groups in total. The molecule has 0 aliphatic carbocycles. The standard InChI is InChI=1S/C4H7BrO2/c1-3(6)4(2,5)7/h7H,1-2H3. The molecule has 0 rings (SSSR count). The van der Waals surface area contributed by atoms with Crippen molar-refractivity contribution in [1.82, 2.24) is 0 Å². The molecule has 3 heteroatoms. The molecule has 0 saturated heterocycles. The summed E-state index contributed by atoms with van der Waals surface area (Å²) >= 11 is 2.75. The van der Waals surface area contributed by atoms with E-state index in [0.29, 0.717) is 0 Å². The van der Waals surface area contributed by atoms with Gasteiger partial charge in [0, 0.05) is 0 Å². The maximum absolute atomic E-state index is 10.2. The van der Waals surface area contributed by atoms with Gasteiger partial charge in [-0.25, -0.2) is 0 Å². The van der Waals surface area contributed by atoms with Crippen LogP contribution >= 0.6 is 15.9 Å². The van der Waals surface area contributed by atoms with Gasteiger partial charge in [0.05, 0.1) is 0 Å². The van der Waals surface area contributed by atoms with Gasteiger partial charge in [0.15, 0.2) is 10.3 Å². The topological polar surface area (TPSA) is 37.3 Å². The van der Waals surface area contributed by atoms with Crippen molar-refractivity contribution in [2.24, 2.45) is 0 Å². The second-order valence-corrected chi connectivity index (χ2v) is 3.05. The fraction of sp³-hybridized carbons (Fsp3) is 0.750. The van der Waals surface area contributed by atoms with Crippen LogP contribution in [0.25, 0.3) is 0 Å². The summed E-state index contributed by atoms with van der Waals surface area (Å²) in [7, 11) is 0. The summed E-state index contributed by atoms with van der Waals surface area (Å²) in [5, 5.41) is 8.66. The highest BCUT2D eigenvalue weighted by Crippen LogP contribution is 2.11. The average Bonchev–Trinajstić information content (AvgIpc) is 1.31. The third-order valence-corrected chi connectivity index (χ3v) is 1.20. The van der Waals surface area contributed by atoms with Crippen molar-refractivity contribution >= 4 is 21.7 Å². The number of carbonyl (C=O) groups excluding carboxylic acids is 1. The Kier molecular flexibility index (Phi) is 1.95. The Labute approximate surface area is 50.7 Å². The molecule has 0 aromatic heterocycles. The van der Waals surface area contributed by atoms with E-state index in [4.69, 9.17) is 5.11 Å². The number of halogens is 1. The van der Waals surface area contributed by atoms with E-state index in [1.165, 1.54) is 13.8 Å². The van der Waals surface area contributed by atoms with E-state index >= 15 is 0 Å². The molecule has 0 aliphatic rings. The van der Waals surface area contributed by atoms with Gasteiger partial charge in [-0.05, 0) is 29.8 Å². The molecule has 0 aromatic carbocycles. The number of Topliss-reactive ketones (excluding diaryl/α,β-unsaturated/α-hetero) is 1. The normalized spacial score (nSPS) is 18.3. The van der Waals surface area contributed by atoms with Gasteiger partial charge < -0.3 is 5.11 Å². The Hall–Kier alpha value is 0.110. The molecule has 0 fully saturated rings. The zero-order valence-electron chi connectivity index (χ0n) is 4.23. The fourth-order valence-corrected chi connectivity index (χ4v) is 0. The SMILES string of the molecule is CC(=O)C(C)(O)Br. The van der Waals surface area contributed by atoms with Crippen molar-refractivity contribution in [3.63, 3.8) is 0 Å². The molecule has 1 unspecified atom stereocenters. The molecule has 0 aromatic rings. The minimum atomic E-state index is -1.33. The molecule has 2 nitrogen and oxygen atoms in total. The van der Waals surface area contributed by atoms with Gasteiger partial charge in [-0.1, -0.05) is 0 Å². The van der Waals surface area contributed by atoms with Gasteiger partial charge in [0.25, 0.3) is 0 Å². The molecule has 7 heavy (non-hydrogen) atoms. The Bertz CT molecular complexity index is 82.2. The molecule has 0 spiro atoms. The van der Waals surface area contributed by atoms with Crippen LogP contribution in [-0.4, -0.2) is 15.4 Å². The lowest BCUT2D eigenvalue weighted by molar-refractivity contribution is -0.125. The molecule has 0 amide bonds. The molecule has 0 aliphatic heterocycles. The van der Waals surface area contributed by atoms with Crippen LogP contribution in [0.3, 0.4) is 0 Å². The van der Waals surface area contributed by atoms with Gasteiger partial charge in [-0.15, -0.1) is 0 Å². The van der Waals surface area contributed by atoms with E-state index in [2.05, 4.69) is 15.9 Å². The number of alkyl halides is 1. The van der Waals surface area contributed by atoms with Crippen LogP contribution in [0.5, 0.6) is 0 Å². The first-order valence-electron chi connectivity index (χ1n) is 1.87. The van der Waals surface area contributed by atoms with Gasteiger partial charge in [-0.3, -0.25) is 4.79 Å². The van der Waals surface area contributed by atoms with Gasteiger partial charge in [-0.2, -0.15) is 0 Å². The van der Waals surface area contributed by atoms with Crippen LogP contribution in [0, 0.1) is 0 Å². The first-order chi connectivity index (χ1) is 2.94. The molecule has 0 bridgehead atoms. The average molecular weight is 167 g/mol. The van der Waals surface area contributed by atoms with Crippen molar-refractivity contribution in [3.8, 4) is 0 Å². The van der Waals surface area contributed by atoms with E-state index in [9.17, 15) is 4.79 Å². The van der Waals surface area contributed by atoms with Crippen molar-refractivity contribution < 1.29 is 9.90 Å². The first-order valence-corrected chi connectivity index (χ1v) is 2.66. The van der Waals surface area contributed by atoms with E-state index in [-0.39, 0.29) is 5.78 Å². The molecular weight excluding hydrogens is 160 g/mol. The molecular formula is C4H7BrO2. The second kappa shape index (κ2) is 1.92. The smallest absolute Gasteiger partial charge is 0.174 e. The summed E-state index contributed by atoms with van der Waals surface area (Å²) in [6.45, 7) is 2.70. The van der Waals surface area contributed by atoms with Crippen LogP contribution in [0.15, 0.2) is 0 Å². The third kappa shape index (κ3) is 2.76. The molecule has 0 saturated carbocycles. The molecule has 1 atom stereocenters. The zero-order chi connectivity index (χ0) is 6.08. The van der Waals surface area contributed by atoms with Crippen LogP contribution < -0.4 is 0 Å². The lowest BCUT2D eigenvalue weighted by Gasteiger charge is -2.07. The highest BCUT2D eigenvalue weighted by atomic mass is 79.9. The van der Waals surface area contributed by atoms with Crippen LogP contribution in [0.2, 0.25) is 0 Å². The lowest BCUT2D eigenvalue weighted by atomic mass is 10.3. The summed E-state index contributed by atoms with van der Waals surface area (Å²) in [5.74, 6) is -0.285. The summed E-state index contributed by atoms with van der Waals surface area (Å²) in [6, 6.07) is 0. The summed E-state index contributed by atoms with van der Waals surface area (Å²) in [6.07, 6.45) is 0. The largest absolute Gasteiger partial charge is 0.372 e. The highest BCUT2D eigenvalue weighted by molar-refractivity contribution is 9.10. The van der Waals surface area contributed by atoms with E-state index in [1.807, 2.05) is 0 Å². The number of hydrogen-bond donors (Lipinski definition) is 1. The lowest BCUT2D eigenvalue weighted by Crippen LogP contribution is -2.23. The van der Waals surface area contributed by atoms with Crippen LogP contribution in [-0.2, 0) is 4.79 Å². The second-order valence-electron chi connectivity index (χ2n) is 1.51. The van der Waals surface area contributed by atoms with Crippen molar-refractivity contribution in [3.05, 3.63) is 0 Å². The fourth-order valence-electron chi connectivity index (χ4n) is 0. The van der Waals surface area contributed by atoms with Crippen molar-refractivity contribution in [1.29, 1.82) is 0 Å². The predicted molar refractivity (Wildman–Crippen MR) is 30.2 cm³/mol. The summed E-state index contributed by atoms with van der Waals surface area (Å²) in [5.41, 5.74) is 0. The summed E-state index contributed by atoms with van der Waals surface area (Å²) in [4.78, 5) is 10.2. The Morgan fingerprint density at radius 3 is 2.00 bits per heavy atom. The highest BCUT2D eigenvalue weighted by Gasteiger charge is 2.20. The number of hydrogen-bond acceptors (Lipinski definition) is 2. The molecule has 0 radical (unpaired) electrons. The minimum absolute atomic E-state index is 0.285. The number of aliphatic hydroxyl groups is 1. The Balaban J connectivity index is 3.79. The zero-order valence-corrected chi connectivity index (χ0v) is 5.82. The third-order valence-electron chi connectivity index (χ3n) is 0.643. The maximum Gasteiger partial charge on any atom is 0.174 e. The Morgan fingerprint density at radius 2 is 2.00 bits per heavy atom. The monoisotopic (exact) mass is 166 g/mol. The van der Waals surface area contributed by atoms with Gasteiger partial charge in [0.1, 0.15) is 0 Å². The number of carbonyl (C=O) groups is 1. The van der Waals surface area contributed by atoms with Crippen LogP contribution in [0.4, 0.5) is 0 Å². The maximum atomic E-state index is 10.2. The number of rotatable bonds is 1. The van der Waals surface area contributed by atoms with Gasteiger partial charge in [0.2, 0.25) is 0 Å². The van der Waals surface area contributed by atoms with Crippen molar-refractivity contribution in [2.45, 2.75) is 18.4 Å².